The number of carbonyl (C=O) groups excluding carboxylic acids is 1. The van der Waals surface area contributed by atoms with Crippen LogP contribution in [0.25, 0.3) is 0 Å². The largest absolute Gasteiger partial charge is 0.379 e. The molecule has 144 valence electrons. The molecule has 0 unspecified atom stereocenters. The monoisotopic (exact) mass is 369 g/mol. The zero-order valence-corrected chi connectivity index (χ0v) is 16.0. The lowest BCUT2D eigenvalue weighted by molar-refractivity contribution is 0.0383. The molecule has 0 bridgehead atoms. The number of nitrogens with zero attached hydrogens (tertiary/aromatic N) is 4. The van der Waals surface area contributed by atoms with Gasteiger partial charge in [-0.25, -0.2) is 9.97 Å². The van der Waals surface area contributed by atoms with Crippen molar-refractivity contribution in [3.05, 3.63) is 47.9 Å². The highest BCUT2D eigenvalue weighted by atomic mass is 16.5. The molecule has 1 aromatic carbocycles. The van der Waals surface area contributed by atoms with Gasteiger partial charge in [0.2, 0.25) is 0 Å². The van der Waals surface area contributed by atoms with Gasteiger partial charge in [-0.1, -0.05) is 18.2 Å². The van der Waals surface area contributed by atoms with Crippen LogP contribution in [0.1, 0.15) is 23.2 Å². The Hall–Kier alpha value is -2.51. The summed E-state index contributed by atoms with van der Waals surface area (Å²) in [6, 6.07) is 11.8. The number of ether oxygens (including phenoxy) is 1. The second-order valence-electron chi connectivity index (χ2n) is 6.45. The fourth-order valence-corrected chi connectivity index (χ4v) is 3.13. The Morgan fingerprint density at radius 1 is 1.22 bits per heavy atom. The molecule has 0 aliphatic carbocycles. The average Bonchev–Trinajstić information content (AvgIpc) is 2.70. The Morgan fingerprint density at radius 2 is 1.96 bits per heavy atom. The normalized spacial score (nSPS) is 14.7. The molecule has 1 saturated heterocycles. The van der Waals surface area contributed by atoms with Crippen LogP contribution in [0.3, 0.4) is 0 Å². The first-order chi connectivity index (χ1) is 13.2. The van der Waals surface area contributed by atoms with Crippen molar-refractivity contribution >= 4 is 17.4 Å². The quantitative estimate of drug-likeness (QED) is 0.805. The second kappa shape index (κ2) is 9.43. The molecule has 0 radical (unpaired) electrons. The van der Waals surface area contributed by atoms with Crippen LogP contribution in [0.15, 0.2) is 36.4 Å². The lowest BCUT2D eigenvalue weighted by atomic mass is 10.2. The van der Waals surface area contributed by atoms with E-state index in [1.807, 2.05) is 37.3 Å². The van der Waals surface area contributed by atoms with Gasteiger partial charge in [0.25, 0.3) is 5.91 Å². The lowest BCUT2D eigenvalue weighted by Crippen LogP contribution is -2.41. The van der Waals surface area contributed by atoms with Crippen LogP contribution in [0.5, 0.6) is 0 Å². The number of benzene rings is 1. The Balaban J connectivity index is 1.67. The molecule has 2 aromatic rings. The molecule has 0 atom stereocenters. The molecule has 7 nitrogen and oxygen atoms in total. The highest BCUT2D eigenvalue weighted by Crippen LogP contribution is 2.23. The molecule has 7 heteroatoms. The van der Waals surface area contributed by atoms with E-state index in [1.54, 1.807) is 6.07 Å². The molecule has 1 amide bonds. The number of para-hydroxylation sites is 1. The lowest BCUT2D eigenvalue weighted by Gasteiger charge is -2.26. The van der Waals surface area contributed by atoms with Crippen LogP contribution in [0.2, 0.25) is 0 Å². The van der Waals surface area contributed by atoms with Crippen molar-refractivity contribution in [2.24, 2.45) is 0 Å². The van der Waals surface area contributed by atoms with Gasteiger partial charge < -0.3 is 15.0 Å². The number of rotatable bonds is 7. The van der Waals surface area contributed by atoms with E-state index in [4.69, 9.17) is 4.74 Å². The number of aromatic nitrogens is 2. The number of anilines is 2. The van der Waals surface area contributed by atoms with Crippen LogP contribution < -0.4 is 10.2 Å². The predicted molar refractivity (Wildman–Crippen MR) is 105 cm³/mol. The van der Waals surface area contributed by atoms with Crippen molar-refractivity contribution in [3.8, 4) is 0 Å². The maximum Gasteiger partial charge on any atom is 0.270 e. The Kier molecular flexibility index (Phi) is 6.73. The van der Waals surface area contributed by atoms with Gasteiger partial charge in [-0.05, 0) is 26.0 Å². The molecule has 1 aliphatic heterocycles. The molecule has 27 heavy (non-hydrogen) atoms. The summed E-state index contributed by atoms with van der Waals surface area (Å²) >= 11 is 0. The summed E-state index contributed by atoms with van der Waals surface area (Å²) in [6.07, 6.45) is 0. The van der Waals surface area contributed by atoms with E-state index in [1.165, 1.54) is 0 Å². The van der Waals surface area contributed by atoms with E-state index in [-0.39, 0.29) is 5.91 Å². The van der Waals surface area contributed by atoms with Crippen LogP contribution in [-0.4, -0.2) is 66.7 Å². The first kappa shape index (κ1) is 19.3. The highest BCUT2D eigenvalue weighted by Gasteiger charge is 2.16. The van der Waals surface area contributed by atoms with Gasteiger partial charge in [0.05, 0.1) is 13.2 Å². The van der Waals surface area contributed by atoms with Gasteiger partial charge in [0, 0.05) is 44.5 Å². The fraction of sp³-hybridized carbons (Fsp3) is 0.450. The summed E-state index contributed by atoms with van der Waals surface area (Å²) < 4.78 is 5.34. The molecule has 1 aromatic heterocycles. The maximum atomic E-state index is 12.6. The van der Waals surface area contributed by atoms with Crippen LogP contribution in [-0.2, 0) is 4.74 Å². The van der Waals surface area contributed by atoms with Crippen molar-refractivity contribution in [1.82, 2.24) is 20.2 Å². The number of hydrogen-bond donors (Lipinski definition) is 1. The minimum absolute atomic E-state index is 0.167. The SMILES string of the molecule is CCN(c1ccccc1)c1cc(C(=O)NCCN2CCOCC2)nc(C)n1. The minimum Gasteiger partial charge on any atom is -0.379 e. The Morgan fingerprint density at radius 3 is 2.67 bits per heavy atom. The second-order valence-corrected chi connectivity index (χ2v) is 6.45. The van der Waals surface area contributed by atoms with Crippen molar-refractivity contribution in [3.63, 3.8) is 0 Å². The smallest absolute Gasteiger partial charge is 0.270 e. The van der Waals surface area contributed by atoms with Gasteiger partial charge >= 0.3 is 0 Å². The highest BCUT2D eigenvalue weighted by molar-refractivity contribution is 5.93. The van der Waals surface area contributed by atoms with E-state index in [9.17, 15) is 4.79 Å². The average molecular weight is 369 g/mol. The van der Waals surface area contributed by atoms with Gasteiger partial charge in [0.1, 0.15) is 17.3 Å². The van der Waals surface area contributed by atoms with Crippen LogP contribution >= 0.6 is 0 Å². The van der Waals surface area contributed by atoms with Crippen molar-refractivity contribution < 1.29 is 9.53 Å². The van der Waals surface area contributed by atoms with Crippen LogP contribution in [0, 0.1) is 6.92 Å². The molecule has 1 aliphatic rings. The summed E-state index contributed by atoms with van der Waals surface area (Å²) in [7, 11) is 0. The molecule has 0 saturated carbocycles. The third kappa shape index (κ3) is 5.24. The number of nitrogens with one attached hydrogen (secondary N) is 1. The number of aryl methyl sites for hydroxylation is 1. The standard InChI is InChI=1S/C20H27N5O2/c1-3-25(17-7-5-4-6-8-17)19-15-18(22-16(2)23-19)20(26)21-9-10-24-11-13-27-14-12-24/h4-8,15H,3,9-14H2,1-2H3,(H,21,26). The number of amides is 1. The Labute approximate surface area is 160 Å². The minimum atomic E-state index is -0.167. The third-order valence-corrected chi connectivity index (χ3v) is 4.54. The van der Waals surface area contributed by atoms with Gasteiger partial charge in [0.15, 0.2) is 0 Å². The molecule has 3 rings (SSSR count). The fourth-order valence-electron chi connectivity index (χ4n) is 3.13. The molecular weight excluding hydrogens is 342 g/mol. The molecule has 1 fully saturated rings. The molecule has 0 spiro atoms. The topological polar surface area (TPSA) is 70.6 Å². The zero-order valence-electron chi connectivity index (χ0n) is 16.0. The van der Waals surface area contributed by atoms with Crippen molar-refractivity contribution in [2.75, 3.05) is 50.8 Å². The zero-order chi connectivity index (χ0) is 19.1. The summed E-state index contributed by atoms with van der Waals surface area (Å²) in [6.45, 7) is 9.37. The van der Waals surface area contributed by atoms with E-state index in [0.717, 1.165) is 50.9 Å². The number of carbonyl (C=O) groups is 1. The summed E-state index contributed by atoms with van der Waals surface area (Å²) in [5.74, 6) is 1.15. The molecule has 2 heterocycles. The molecule has 1 N–H and O–H groups in total. The van der Waals surface area contributed by atoms with Crippen molar-refractivity contribution in [2.45, 2.75) is 13.8 Å². The number of morpholine rings is 1. The van der Waals surface area contributed by atoms with E-state index >= 15 is 0 Å². The molecular formula is C20H27N5O2. The first-order valence-electron chi connectivity index (χ1n) is 9.44. The maximum absolute atomic E-state index is 12.6. The van der Waals surface area contributed by atoms with Gasteiger partial charge in [-0.2, -0.15) is 0 Å². The van der Waals surface area contributed by atoms with Gasteiger partial charge in [-0.3, -0.25) is 9.69 Å². The Bertz CT molecular complexity index is 747. The van der Waals surface area contributed by atoms with E-state index in [2.05, 4.69) is 32.0 Å². The van der Waals surface area contributed by atoms with Crippen molar-refractivity contribution in [1.29, 1.82) is 0 Å². The first-order valence-corrected chi connectivity index (χ1v) is 9.44. The summed E-state index contributed by atoms with van der Waals surface area (Å²) in [5.41, 5.74) is 1.44. The van der Waals surface area contributed by atoms with Crippen LogP contribution in [0.4, 0.5) is 11.5 Å². The van der Waals surface area contributed by atoms with E-state index in [0.29, 0.717) is 18.1 Å². The van der Waals surface area contributed by atoms with Gasteiger partial charge in [-0.15, -0.1) is 0 Å². The predicted octanol–water partition coefficient (Wildman–Crippen LogP) is 2.01. The third-order valence-electron chi connectivity index (χ3n) is 4.54. The van der Waals surface area contributed by atoms with E-state index < -0.39 is 0 Å². The summed E-state index contributed by atoms with van der Waals surface area (Å²) in [5, 5.41) is 2.97. The summed E-state index contributed by atoms with van der Waals surface area (Å²) in [4.78, 5) is 25.8. The number of hydrogen-bond acceptors (Lipinski definition) is 6.